The Morgan fingerprint density at radius 1 is 1.56 bits per heavy atom. The molecule has 0 spiro atoms. The maximum absolute atomic E-state index is 11.5. The lowest BCUT2D eigenvalue weighted by Crippen LogP contribution is -2.42. The molecule has 8 heteroatoms. The summed E-state index contributed by atoms with van der Waals surface area (Å²) < 4.78 is 14.9. The van der Waals surface area contributed by atoms with E-state index >= 15 is 0 Å². The second-order valence-electron chi connectivity index (χ2n) is 3.28. The number of rotatable bonds is 7. The maximum atomic E-state index is 11.5. The Balaban J connectivity index is 4.49. The fourth-order valence-electron chi connectivity index (χ4n) is 0.973. The van der Waals surface area contributed by atoms with Gasteiger partial charge in [0.2, 0.25) is 0 Å². The Morgan fingerprint density at radius 3 is 2.50 bits per heavy atom. The first-order valence-electron chi connectivity index (χ1n) is 4.95. The molecule has 6 nitrogen and oxygen atoms in total. The number of carbonyl (C=O) groups is 1. The predicted octanol–water partition coefficient (Wildman–Crippen LogP) is 1.82. The van der Waals surface area contributed by atoms with Crippen LogP contribution in [0.3, 0.4) is 0 Å². The van der Waals surface area contributed by atoms with E-state index in [1.165, 1.54) is 0 Å². The Bertz CT molecular complexity index is 269. The van der Waals surface area contributed by atoms with Crippen LogP contribution in [0.5, 0.6) is 0 Å². The van der Waals surface area contributed by atoms with E-state index in [9.17, 15) is 9.36 Å². The Morgan fingerprint density at radius 2 is 2.12 bits per heavy atom. The molecule has 96 valence electrons. The molecule has 0 aliphatic heterocycles. The third-order valence-corrected chi connectivity index (χ3v) is 2.64. The van der Waals surface area contributed by atoms with E-state index < -0.39 is 19.0 Å². The summed E-state index contributed by atoms with van der Waals surface area (Å²) in [5, 5.41) is 0. The molecule has 0 saturated heterocycles. The SMILES string of the molecule is CCONC(C(=O)OP(=O)(O)Cl)C(C)CC. The molecule has 0 radical (unpaired) electrons. The highest BCUT2D eigenvalue weighted by Gasteiger charge is 2.31. The summed E-state index contributed by atoms with van der Waals surface area (Å²) >= 11 is 4.95. The Kier molecular flexibility index (Phi) is 7.19. The predicted molar refractivity (Wildman–Crippen MR) is 59.8 cm³/mol. The summed E-state index contributed by atoms with van der Waals surface area (Å²) in [6, 6.07) is -0.816. The summed E-state index contributed by atoms with van der Waals surface area (Å²) in [5.41, 5.74) is 2.48. The zero-order valence-corrected chi connectivity index (χ0v) is 11.1. The van der Waals surface area contributed by atoms with Gasteiger partial charge in [0, 0.05) is 11.2 Å². The third-order valence-electron chi connectivity index (χ3n) is 2.02. The quantitative estimate of drug-likeness (QED) is 0.544. The van der Waals surface area contributed by atoms with Gasteiger partial charge in [-0.3, -0.25) is 0 Å². The maximum Gasteiger partial charge on any atom is 0.476 e. The highest BCUT2D eigenvalue weighted by Crippen LogP contribution is 2.47. The minimum atomic E-state index is -4.33. The van der Waals surface area contributed by atoms with Gasteiger partial charge in [-0.05, 0) is 12.8 Å². The minimum absolute atomic E-state index is 0.109. The number of hydrogen-bond donors (Lipinski definition) is 2. The summed E-state index contributed by atoms with van der Waals surface area (Å²) in [5.74, 6) is -1.01. The van der Waals surface area contributed by atoms with Crippen molar-refractivity contribution in [3.05, 3.63) is 0 Å². The first-order chi connectivity index (χ1) is 7.31. The molecule has 0 rings (SSSR count). The van der Waals surface area contributed by atoms with E-state index in [1.54, 1.807) is 13.8 Å². The molecule has 3 atom stereocenters. The van der Waals surface area contributed by atoms with E-state index in [0.29, 0.717) is 13.0 Å². The molecule has 0 aromatic rings. The molecule has 3 unspecified atom stereocenters. The Labute approximate surface area is 99.5 Å². The summed E-state index contributed by atoms with van der Waals surface area (Å²) in [7, 11) is 0. The van der Waals surface area contributed by atoms with Crippen LogP contribution in [0.1, 0.15) is 27.2 Å². The standard InChI is InChI=1S/C8H17ClNO5P/c1-4-6(3)7(10-14-5-2)8(11)15-16(9,12)13/h6-7,10H,4-5H2,1-3H3,(H,12,13). The van der Waals surface area contributed by atoms with Crippen LogP contribution >= 0.6 is 18.2 Å². The van der Waals surface area contributed by atoms with Crippen LogP contribution in [0, 0.1) is 5.92 Å². The van der Waals surface area contributed by atoms with Crippen molar-refractivity contribution in [2.45, 2.75) is 33.2 Å². The summed E-state index contributed by atoms with van der Waals surface area (Å²) in [4.78, 5) is 25.1. The van der Waals surface area contributed by atoms with Crippen LogP contribution in [0.4, 0.5) is 0 Å². The summed E-state index contributed by atoms with van der Waals surface area (Å²) in [6.45, 7) is 1.43. The smallest absolute Gasteiger partial charge is 0.379 e. The van der Waals surface area contributed by atoms with Crippen molar-refractivity contribution >= 4 is 24.2 Å². The van der Waals surface area contributed by atoms with Gasteiger partial charge in [-0.1, -0.05) is 20.3 Å². The number of carbonyl (C=O) groups excluding carboxylic acids is 1. The first kappa shape index (κ1) is 15.9. The van der Waals surface area contributed by atoms with Crippen molar-refractivity contribution in [2.75, 3.05) is 6.61 Å². The van der Waals surface area contributed by atoms with E-state index in [4.69, 9.17) is 21.0 Å². The molecule has 2 N–H and O–H groups in total. The van der Waals surface area contributed by atoms with Gasteiger partial charge in [-0.2, -0.15) is 5.48 Å². The molecule has 0 heterocycles. The largest absolute Gasteiger partial charge is 0.476 e. The first-order valence-corrected chi connectivity index (χ1v) is 7.43. The van der Waals surface area contributed by atoms with Crippen molar-refractivity contribution in [1.29, 1.82) is 0 Å². The molecule has 16 heavy (non-hydrogen) atoms. The van der Waals surface area contributed by atoms with E-state index in [-0.39, 0.29) is 5.92 Å². The molecule has 0 saturated carbocycles. The van der Waals surface area contributed by atoms with Gasteiger partial charge in [0.05, 0.1) is 6.61 Å². The van der Waals surface area contributed by atoms with Crippen molar-refractivity contribution in [2.24, 2.45) is 5.92 Å². The van der Waals surface area contributed by atoms with E-state index in [1.807, 2.05) is 6.92 Å². The van der Waals surface area contributed by atoms with Gasteiger partial charge in [0.25, 0.3) is 0 Å². The average Bonchev–Trinajstić information content (AvgIpc) is 2.15. The Hall–Kier alpha value is -0.130. The van der Waals surface area contributed by atoms with Crippen molar-refractivity contribution in [3.8, 4) is 0 Å². The fourth-order valence-corrected chi connectivity index (χ4v) is 1.51. The summed E-state index contributed by atoms with van der Waals surface area (Å²) in [6.07, 6.45) is 0.678. The van der Waals surface area contributed by atoms with Gasteiger partial charge < -0.3 is 14.3 Å². The van der Waals surface area contributed by atoms with Gasteiger partial charge >= 0.3 is 12.9 Å². The van der Waals surface area contributed by atoms with Gasteiger partial charge in [-0.15, -0.1) is 0 Å². The van der Waals surface area contributed by atoms with Gasteiger partial charge in [-0.25, -0.2) is 9.36 Å². The normalized spacial score (nSPS) is 18.6. The molecule has 0 aliphatic carbocycles. The van der Waals surface area contributed by atoms with Crippen LogP contribution in [0.15, 0.2) is 0 Å². The second kappa shape index (κ2) is 7.25. The van der Waals surface area contributed by atoms with Gasteiger partial charge in [0.1, 0.15) is 6.04 Å². The van der Waals surface area contributed by atoms with Crippen LogP contribution < -0.4 is 5.48 Å². The molecule has 0 amide bonds. The zero-order valence-electron chi connectivity index (χ0n) is 9.47. The average molecular weight is 274 g/mol. The van der Waals surface area contributed by atoms with Crippen LogP contribution in [-0.4, -0.2) is 23.5 Å². The molecule has 0 fully saturated rings. The molecular formula is C8H17ClNO5P. The van der Waals surface area contributed by atoms with Crippen molar-refractivity contribution < 1.29 is 23.6 Å². The van der Waals surface area contributed by atoms with E-state index in [2.05, 4.69) is 10.0 Å². The minimum Gasteiger partial charge on any atom is -0.379 e. The van der Waals surface area contributed by atoms with Crippen LogP contribution in [-0.2, 0) is 18.7 Å². The van der Waals surface area contributed by atoms with Crippen LogP contribution in [0.2, 0.25) is 0 Å². The lowest BCUT2D eigenvalue weighted by Gasteiger charge is -2.21. The monoisotopic (exact) mass is 273 g/mol. The van der Waals surface area contributed by atoms with Crippen LogP contribution in [0.25, 0.3) is 0 Å². The third kappa shape index (κ3) is 6.45. The number of nitrogens with one attached hydrogen (secondary N) is 1. The molecular weight excluding hydrogens is 257 g/mol. The highest BCUT2D eigenvalue weighted by atomic mass is 35.7. The topological polar surface area (TPSA) is 84.9 Å². The van der Waals surface area contributed by atoms with E-state index in [0.717, 1.165) is 0 Å². The number of halogens is 1. The second-order valence-corrected chi connectivity index (χ2v) is 5.64. The number of hydroxylamine groups is 1. The lowest BCUT2D eigenvalue weighted by molar-refractivity contribution is -0.143. The fraction of sp³-hybridized carbons (Fsp3) is 0.875. The molecule has 0 aromatic carbocycles. The zero-order chi connectivity index (χ0) is 12.8. The highest BCUT2D eigenvalue weighted by molar-refractivity contribution is 7.80. The number of hydrogen-bond acceptors (Lipinski definition) is 5. The van der Waals surface area contributed by atoms with Crippen molar-refractivity contribution in [1.82, 2.24) is 5.48 Å². The molecule has 0 bridgehead atoms. The van der Waals surface area contributed by atoms with Crippen molar-refractivity contribution in [3.63, 3.8) is 0 Å². The molecule has 0 aliphatic rings. The molecule has 0 aromatic heterocycles. The lowest BCUT2D eigenvalue weighted by atomic mass is 10.0. The van der Waals surface area contributed by atoms with Gasteiger partial charge in [0.15, 0.2) is 0 Å².